The Morgan fingerprint density at radius 1 is 1.16 bits per heavy atom. The van der Waals surface area contributed by atoms with Crippen LogP contribution >= 0.6 is 27.5 Å². The lowest BCUT2D eigenvalue weighted by molar-refractivity contribution is 0.102. The van der Waals surface area contributed by atoms with E-state index in [0.29, 0.717) is 15.2 Å². The summed E-state index contributed by atoms with van der Waals surface area (Å²) in [5.41, 5.74) is 0.509. The fourth-order valence-electron chi connectivity index (χ4n) is 1.48. The predicted molar refractivity (Wildman–Crippen MR) is 76.9 cm³/mol. The predicted octanol–water partition coefficient (Wildman–Crippen LogP) is 3.77. The molecule has 98 valence electrons. The van der Waals surface area contributed by atoms with E-state index in [4.69, 9.17) is 11.6 Å². The lowest BCUT2D eigenvalue weighted by Crippen LogP contribution is -2.12. The van der Waals surface area contributed by atoms with Crippen LogP contribution in [0.4, 0.5) is 5.69 Å². The van der Waals surface area contributed by atoms with Crippen LogP contribution in [0, 0.1) is 0 Å². The zero-order valence-electron chi connectivity index (χ0n) is 9.52. The number of anilines is 1. The van der Waals surface area contributed by atoms with Crippen molar-refractivity contribution in [1.82, 2.24) is 0 Å². The summed E-state index contributed by atoms with van der Waals surface area (Å²) in [7, 11) is 0. The second-order valence-corrected chi connectivity index (χ2v) is 5.05. The van der Waals surface area contributed by atoms with E-state index >= 15 is 0 Å². The first kappa shape index (κ1) is 13.7. The zero-order valence-corrected chi connectivity index (χ0v) is 11.9. The molecule has 0 aromatic heterocycles. The molecule has 6 heteroatoms. The number of nitrogens with one attached hydrogen (secondary N) is 1. The largest absolute Gasteiger partial charge is 0.508 e. The van der Waals surface area contributed by atoms with Gasteiger partial charge in [-0.2, -0.15) is 0 Å². The van der Waals surface area contributed by atoms with Crippen LogP contribution in [0.3, 0.4) is 0 Å². The van der Waals surface area contributed by atoms with Crippen LogP contribution in [-0.4, -0.2) is 16.1 Å². The lowest BCUT2D eigenvalue weighted by atomic mass is 10.1. The van der Waals surface area contributed by atoms with E-state index in [9.17, 15) is 15.0 Å². The van der Waals surface area contributed by atoms with Crippen LogP contribution in [-0.2, 0) is 0 Å². The third-order valence-electron chi connectivity index (χ3n) is 2.40. The minimum Gasteiger partial charge on any atom is -0.508 e. The molecule has 0 bridgehead atoms. The summed E-state index contributed by atoms with van der Waals surface area (Å²) >= 11 is 9.09. The Hall–Kier alpha value is -1.72. The summed E-state index contributed by atoms with van der Waals surface area (Å²) in [4.78, 5) is 12.0. The topological polar surface area (TPSA) is 69.6 Å². The van der Waals surface area contributed by atoms with Crippen molar-refractivity contribution in [2.75, 3.05) is 5.32 Å². The van der Waals surface area contributed by atoms with Crippen LogP contribution in [0.1, 0.15) is 10.4 Å². The Labute approximate surface area is 122 Å². The number of hydrogen-bond acceptors (Lipinski definition) is 3. The summed E-state index contributed by atoms with van der Waals surface area (Å²) in [6.07, 6.45) is 0. The molecule has 0 aliphatic carbocycles. The van der Waals surface area contributed by atoms with Gasteiger partial charge in [0.25, 0.3) is 5.91 Å². The first-order valence-electron chi connectivity index (χ1n) is 5.26. The maximum Gasteiger partial charge on any atom is 0.259 e. The molecule has 0 radical (unpaired) electrons. The number of carbonyl (C=O) groups excluding carboxylic acids is 1. The highest BCUT2D eigenvalue weighted by molar-refractivity contribution is 9.10. The van der Waals surface area contributed by atoms with Crippen LogP contribution < -0.4 is 5.32 Å². The highest BCUT2D eigenvalue weighted by Gasteiger charge is 2.12. The van der Waals surface area contributed by atoms with Crippen molar-refractivity contribution in [3.05, 3.63) is 51.5 Å². The van der Waals surface area contributed by atoms with Crippen molar-refractivity contribution < 1.29 is 15.0 Å². The zero-order chi connectivity index (χ0) is 14.0. The monoisotopic (exact) mass is 341 g/mol. The molecule has 0 aliphatic rings. The second kappa shape index (κ2) is 5.50. The maximum atomic E-state index is 12.0. The van der Waals surface area contributed by atoms with Crippen molar-refractivity contribution in [1.29, 1.82) is 0 Å². The van der Waals surface area contributed by atoms with Gasteiger partial charge in [0.05, 0.1) is 10.6 Å². The van der Waals surface area contributed by atoms with Crippen LogP contribution in [0.15, 0.2) is 40.9 Å². The summed E-state index contributed by atoms with van der Waals surface area (Å²) in [6, 6.07) is 8.64. The number of benzene rings is 2. The molecule has 0 fully saturated rings. The van der Waals surface area contributed by atoms with E-state index < -0.39 is 5.91 Å². The Morgan fingerprint density at radius 3 is 2.58 bits per heavy atom. The van der Waals surface area contributed by atoms with Gasteiger partial charge in [-0.05, 0) is 52.3 Å². The molecule has 0 saturated heterocycles. The van der Waals surface area contributed by atoms with Crippen molar-refractivity contribution in [3.63, 3.8) is 0 Å². The van der Waals surface area contributed by atoms with Gasteiger partial charge in [0.2, 0.25) is 0 Å². The first-order chi connectivity index (χ1) is 8.97. The molecular formula is C13H9BrClNO3. The summed E-state index contributed by atoms with van der Waals surface area (Å²) in [6.45, 7) is 0. The second-order valence-electron chi connectivity index (χ2n) is 3.78. The van der Waals surface area contributed by atoms with Gasteiger partial charge < -0.3 is 15.5 Å². The maximum absolute atomic E-state index is 12.0. The molecule has 2 aromatic rings. The molecule has 1 amide bonds. The van der Waals surface area contributed by atoms with Crippen molar-refractivity contribution >= 4 is 39.1 Å². The average Bonchev–Trinajstić information content (AvgIpc) is 2.36. The van der Waals surface area contributed by atoms with Gasteiger partial charge in [0.1, 0.15) is 11.5 Å². The standard InChI is InChI=1S/C13H9BrClNO3/c14-10-5-7(1-3-11(10)15)16-13(19)9-6-8(17)2-4-12(9)18/h1-6,17-18H,(H,16,19). The molecule has 2 rings (SSSR count). The third-order valence-corrected chi connectivity index (χ3v) is 3.62. The summed E-state index contributed by atoms with van der Waals surface area (Å²) in [5.74, 6) is -0.828. The molecule has 0 atom stereocenters. The highest BCUT2D eigenvalue weighted by atomic mass is 79.9. The molecule has 0 heterocycles. The van der Waals surface area contributed by atoms with Gasteiger partial charge in [0, 0.05) is 10.2 Å². The number of phenolic OH excluding ortho intramolecular Hbond substituents is 2. The molecule has 3 N–H and O–H groups in total. The molecule has 0 spiro atoms. The van der Waals surface area contributed by atoms with E-state index in [1.807, 2.05) is 0 Å². The van der Waals surface area contributed by atoms with Gasteiger partial charge in [-0.3, -0.25) is 4.79 Å². The first-order valence-corrected chi connectivity index (χ1v) is 6.43. The number of aromatic hydroxyl groups is 2. The average molecular weight is 343 g/mol. The summed E-state index contributed by atoms with van der Waals surface area (Å²) < 4.78 is 0.645. The van der Waals surface area contributed by atoms with Gasteiger partial charge in [0.15, 0.2) is 0 Å². The highest BCUT2D eigenvalue weighted by Crippen LogP contribution is 2.27. The molecule has 0 aliphatic heterocycles. The van der Waals surface area contributed by atoms with Crippen LogP contribution in [0.5, 0.6) is 11.5 Å². The molecule has 0 unspecified atom stereocenters. The van der Waals surface area contributed by atoms with Gasteiger partial charge >= 0.3 is 0 Å². The quantitative estimate of drug-likeness (QED) is 0.728. The number of halogens is 2. The van der Waals surface area contributed by atoms with Gasteiger partial charge in [-0.25, -0.2) is 0 Å². The molecular weight excluding hydrogens is 334 g/mol. The van der Waals surface area contributed by atoms with E-state index in [-0.39, 0.29) is 17.1 Å². The Morgan fingerprint density at radius 2 is 1.89 bits per heavy atom. The fourth-order valence-corrected chi connectivity index (χ4v) is 1.97. The third kappa shape index (κ3) is 3.19. The van der Waals surface area contributed by atoms with Crippen LogP contribution in [0.2, 0.25) is 5.02 Å². The van der Waals surface area contributed by atoms with E-state index in [0.717, 1.165) is 0 Å². The van der Waals surface area contributed by atoms with Gasteiger partial charge in [-0.1, -0.05) is 11.6 Å². The SMILES string of the molecule is O=C(Nc1ccc(Cl)c(Br)c1)c1cc(O)ccc1O. The number of phenols is 2. The van der Waals surface area contributed by atoms with Gasteiger partial charge in [-0.15, -0.1) is 0 Å². The van der Waals surface area contributed by atoms with Crippen molar-refractivity contribution in [3.8, 4) is 11.5 Å². The number of hydrogen-bond donors (Lipinski definition) is 3. The number of amides is 1. The molecule has 0 saturated carbocycles. The number of carbonyl (C=O) groups is 1. The molecule has 4 nitrogen and oxygen atoms in total. The number of rotatable bonds is 2. The van der Waals surface area contributed by atoms with E-state index in [1.54, 1.807) is 18.2 Å². The normalized spacial score (nSPS) is 10.2. The summed E-state index contributed by atoms with van der Waals surface area (Å²) in [5, 5.41) is 22.0. The van der Waals surface area contributed by atoms with Crippen LogP contribution in [0.25, 0.3) is 0 Å². The van der Waals surface area contributed by atoms with Crippen molar-refractivity contribution in [2.24, 2.45) is 0 Å². The Bertz CT molecular complexity index is 646. The molecule has 19 heavy (non-hydrogen) atoms. The van der Waals surface area contributed by atoms with E-state index in [2.05, 4.69) is 21.2 Å². The van der Waals surface area contributed by atoms with Crippen molar-refractivity contribution in [2.45, 2.75) is 0 Å². The fraction of sp³-hybridized carbons (Fsp3) is 0. The van der Waals surface area contributed by atoms with E-state index in [1.165, 1.54) is 18.2 Å². The Balaban J connectivity index is 2.25. The minimum atomic E-state index is -0.525. The Kier molecular flexibility index (Phi) is 3.97. The smallest absolute Gasteiger partial charge is 0.259 e. The lowest BCUT2D eigenvalue weighted by Gasteiger charge is -2.08. The minimum absolute atomic E-state index is 0.00827. The molecule has 2 aromatic carbocycles.